The number of phosphoric ester groups is 1. The molecule has 428 valence electrons. The quantitative estimate of drug-likeness (QED) is 0.0161. The summed E-state index contributed by atoms with van der Waals surface area (Å²) in [4.78, 5) is 39.9. The number of rotatable bonds is 54. The molecule has 3 atom stereocenters. The summed E-state index contributed by atoms with van der Waals surface area (Å²) >= 11 is 0. The van der Waals surface area contributed by atoms with E-state index in [1.807, 2.05) is 33.3 Å². The molecule has 0 spiro atoms. The molecule has 1 amide bonds. The van der Waals surface area contributed by atoms with Crippen LogP contribution in [0, 0.1) is 0 Å². The van der Waals surface area contributed by atoms with Crippen LogP contribution in [0.3, 0.4) is 0 Å². The SMILES string of the molecule is CC/C=C/C=C/C=C/CCCCCCCCCC(=O)OC(/C=C\CCCCCCCCCCCC)C(COP(=O)([O-])OCC[N+](C)(C)C)NC(=O)CCCCCCCCCC/C=C\C/C=C\C/C=C\CCCCC. The molecule has 3 unspecified atom stereocenters. The van der Waals surface area contributed by atoms with Crippen molar-refractivity contribution >= 4 is 19.7 Å². The number of hydrogen-bond acceptors (Lipinski definition) is 7. The first-order chi connectivity index (χ1) is 35.9. The maximum Gasteiger partial charge on any atom is 0.306 e. The van der Waals surface area contributed by atoms with E-state index >= 15 is 0 Å². The van der Waals surface area contributed by atoms with Gasteiger partial charge in [-0.3, -0.25) is 14.2 Å². The summed E-state index contributed by atoms with van der Waals surface area (Å²) in [7, 11) is 1.16. The topological polar surface area (TPSA) is 114 Å². The molecule has 0 saturated heterocycles. The Bertz CT molecular complexity index is 1540. The number of carbonyl (C=O) groups is 2. The van der Waals surface area contributed by atoms with E-state index in [0.717, 1.165) is 96.3 Å². The lowest BCUT2D eigenvalue weighted by Gasteiger charge is -2.30. The second-order valence-electron chi connectivity index (χ2n) is 21.5. The van der Waals surface area contributed by atoms with Crippen LogP contribution in [-0.4, -0.2) is 69.4 Å². The molecule has 0 saturated carbocycles. The summed E-state index contributed by atoms with van der Waals surface area (Å²) in [6.45, 7) is 6.67. The smallest absolute Gasteiger partial charge is 0.306 e. The van der Waals surface area contributed by atoms with Crippen LogP contribution in [0.15, 0.2) is 85.1 Å². The van der Waals surface area contributed by atoms with Crippen LogP contribution in [-0.2, 0) is 27.9 Å². The highest BCUT2D eigenvalue weighted by Gasteiger charge is 2.27. The molecule has 0 aromatic heterocycles. The molecular weight excluding hydrogens is 940 g/mol. The Hall–Kier alpha value is -2.81. The van der Waals surface area contributed by atoms with E-state index in [1.54, 1.807) is 0 Å². The molecule has 0 aromatic carbocycles. The number of likely N-dealkylation sites (N-methyl/N-ethyl adjacent to an activating group) is 1. The van der Waals surface area contributed by atoms with Gasteiger partial charge in [0.15, 0.2) is 0 Å². The average molecular weight is 1060 g/mol. The lowest BCUT2D eigenvalue weighted by Crippen LogP contribution is -2.47. The number of hydrogen-bond donors (Lipinski definition) is 1. The highest BCUT2D eigenvalue weighted by molar-refractivity contribution is 7.45. The largest absolute Gasteiger partial charge is 0.756 e. The van der Waals surface area contributed by atoms with Gasteiger partial charge in [0.25, 0.3) is 7.82 Å². The highest BCUT2D eigenvalue weighted by atomic mass is 31.2. The van der Waals surface area contributed by atoms with Gasteiger partial charge in [-0.2, -0.15) is 0 Å². The molecule has 0 radical (unpaired) electrons. The third-order valence-electron chi connectivity index (χ3n) is 13.1. The molecule has 10 heteroatoms. The van der Waals surface area contributed by atoms with Crippen molar-refractivity contribution in [1.29, 1.82) is 0 Å². The zero-order valence-corrected chi connectivity index (χ0v) is 49.7. The van der Waals surface area contributed by atoms with Crippen molar-refractivity contribution in [3.05, 3.63) is 85.1 Å². The second kappa shape index (κ2) is 53.6. The Morgan fingerprint density at radius 3 is 1.43 bits per heavy atom. The van der Waals surface area contributed by atoms with Gasteiger partial charge in [-0.25, -0.2) is 0 Å². The van der Waals surface area contributed by atoms with Crippen LogP contribution in [0.4, 0.5) is 0 Å². The fraction of sp³-hybridized carbons (Fsp3) is 0.750. The Morgan fingerprint density at radius 2 is 0.919 bits per heavy atom. The summed E-state index contributed by atoms with van der Waals surface area (Å²) in [6, 6.07) is -0.901. The highest BCUT2D eigenvalue weighted by Crippen LogP contribution is 2.38. The molecule has 0 aromatic rings. The molecular formula is C64H115N2O7P. The Labute approximate surface area is 456 Å². The summed E-state index contributed by atoms with van der Waals surface area (Å²) < 4.78 is 30.3. The first-order valence-electron chi connectivity index (χ1n) is 30.4. The van der Waals surface area contributed by atoms with E-state index in [2.05, 4.69) is 99.0 Å². The Morgan fingerprint density at radius 1 is 0.500 bits per heavy atom. The van der Waals surface area contributed by atoms with Crippen LogP contribution in [0.2, 0.25) is 0 Å². The van der Waals surface area contributed by atoms with Crippen molar-refractivity contribution in [1.82, 2.24) is 5.32 Å². The minimum Gasteiger partial charge on any atom is -0.756 e. The van der Waals surface area contributed by atoms with Crippen molar-refractivity contribution in [3.63, 3.8) is 0 Å². The van der Waals surface area contributed by atoms with Crippen molar-refractivity contribution in [2.45, 2.75) is 270 Å². The second-order valence-corrected chi connectivity index (χ2v) is 22.9. The molecule has 0 rings (SSSR count). The molecule has 9 nitrogen and oxygen atoms in total. The van der Waals surface area contributed by atoms with Crippen LogP contribution in [0.25, 0.3) is 0 Å². The van der Waals surface area contributed by atoms with E-state index in [1.165, 1.54) is 122 Å². The minimum atomic E-state index is -4.71. The van der Waals surface area contributed by atoms with Gasteiger partial charge in [-0.05, 0) is 89.5 Å². The number of amides is 1. The summed E-state index contributed by atoms with van der Waals surface area (Å²) in [6.07, 6.45) is 69.7. The molecule has 0 aliphatic rings. The third-order valence-corrected chi connectivity index (χ3v) is 14.1. The van der Waals surface area contributed by atoms with E-state index in [-0.39, 0.29) is 24.9 Å². The van der Waals surface area contributed by atoms with E-state index in [9.17, 15) is 19.0 Å². The monoisotopic (exact) mass is 1050 g/mol. The van der Waals surface area contributed by atoms with E-state index < -0.39 is 26.6 Å². The number of ether oxygens (including phenoxy) is 1. The van der Waals surface area contributed by atoms with Crippen molar-refractivity contribution in [2.75, 3.05) is 40.9 Å². The van der Waals surface area contributed by atoms with Gasteiger partial charge in [-0.1, -0.05) is 241 Å². The zero-order valence-electron chi connectivity index (χ0n) is 48.8. The summed E-state index contributed by atoms with van der Waals surface area (Å²) in [5.41, 5.74) is 0. The maximum absolute atomic E-state index is 13.5. The molecule has 74 heavy (non-hydrogen) atoms. The maximum atomic E-state index is 13.5. The Balaban J connectivity index is 5.28. The first kappa shape index (κ1) is 71.2. The van der Waals surface area contributed by atoms with Gasteiger partial charge < -0.3 is 28.5 Å². The zero-order chi connectivity index (χ0) is 54.3. The van der Waals surface area contributed by atoms with Crippen LogP contribution in [0.5, 0.6) is 0 Å². The lowest BCUT2D eigenvalue weighted by atomic mass is 10.0. The number of allylic oxidation sites excluding steroid dienone is 13. The van der Waals surface area contributed by atoms with Gasteiger partial charge in [0.2, 0.25) is 5.91 Å². The van der Waals surface area contributed by atoms with E-state index in [0.29, 0.717) is 23.9 Å². The fourth-order valence-corrected chi connectivity index (χ4v) is 9.13. The van der Waals surface area contributed by atoms with Crippen molar-refractivity contribution < 1.29 is 37.3 Å². The molecule has 0 fully saturated rings. The van der Waals surface area contributed by atoms with Gasteiger partial charge in [0.1, 0.15) is 19.3 Å². The van der Waals surface area contributed by atoms with Gasteiger partial charge in [0, 0.05) is 12.8 Å². The molecule has 0 aliphatic carbocycles. The molecule has 0 bridgehead atoms. The summed E-state index contributed by atoms with van der Waals surface area (Å²) in [5, 5.41) is 3.02. The average Bonchev–Trinajstić information content (AvgIpc) is 3.36. The fourth-order valence-electron chi connectivity index (χ4n) is 8.41. The number of nitrogens with one attached hydrogen (secondary N) is 1. The number of unbranched alkanes of at least 4 members (excludes halogenated alkanes) is 28. The minimum absolute atomic E-state index is 0.0294. The van der Waals surface area contributed by atoms with Crippen LogP contribution < -0.4 is 10.2 Å². The third kappa shape index (κ3) is 54.0. The normalized spacial score (nSPS) is 14.3. The molecule has 0 aliphatic heterocycles. The van der Waals surface area contributed by atoms with E-state index in [4.69, 9.17) is 13.8 Å². The number of nitrogens with zero attached hydrogens (tertiary/aromatic N) is 1. The standard InChI is InChI=1S/C64H115N2O7P/c1-7-10-13-16-19-22-25-28-30-31-32-33-34-35-37-38-41-44-47-50-53-56-63(67)65-61(60-72-74(69,70)71-59-58-66(4,5)6)62(55-52-49-46-43-40-27-24-21-18-15-12-9-3)73-64(68)57-54-51-48-45-42-39-36-29-26-23-20-17-14-11-8-2/h11,14,17,19-20,22-23,26,28,30,32-33,52,55,61-62H,7-10,12-13,15-16,18,21,24-25,27,29,31,34-51,53-54,56-60H2,1-6H3,(H-,65,67,69,70)/b14-11+,20-17+,22-19-,26-23+,30-28-,33-32-,55-52-. The van der Waals surface area contributed by atoms with Gasteiger partial charge in [-0.15, -0.1) is 0 Å². The number of carbonyl (C=O) groups excluding carboxylic acids is 2. The summed E-state index contributed by atoms with van der Waals surface area (Å²) in [5.74, 6) is -0.565. The lowest BCUT2D eigenvalue weighted by molar-refractivity contribution is -0.870. The number of phosphoric acid groups is 1. The van der Waals surface area contributed by atoms with Gasteiger partial charge in [0.05, 0.1) is 33.8 Å². The van der Waals surface area contributed by atoms with Crippen LogP contribution in [0.1, 0.15) is 258 Å². The predicted octanol–water partition coefficient (Wildman–Crippen LogP) is 18.0. The van der Waals surface area contributed by atoms with Crippen LogP contribution >= 0.6 is 7.82 Å². The first-order valence-corrected chi connectivity index (χ1v) is 31.9. The Kier molecular flexibility index (Phi) is 51.5. The number of esters is 1. The predicted molar refractivity (Wildman–Crippen MR) is 316 cm³/mol. The van der Waals surface area contributed by atoms with Crippen molar-refractivity contribution in [3.8, 4) is 0 Å². The molecule has 1 N–H and O–H groups in total. The van der Waals surface area contributed by atoms with Gasteiger partial charge >= 0.3 is 5.97 Å². The molecule has 0 heterocycles. The number of quaternary nitrogens is 1. The van der Waals surface area contributed by atoms with Crippen molar-refractivity contribution in [2.24, 2.45) is 0 Å².